The lowest BCUT2D eigenvalue weighted by Crippen LogP contribution is -2.40. The smallest absolute Gasteiger partial charge is 0.242 e. The standard InChI is InChI=1S/C11H11BrN2O2/c12-9-2-1-3-10(8-9)14-11(16)4-5-13(14)6-7-15/h1-3,7-8H,4-6H2. The van der Waals surface area contributed by atoms with Crippen LogP contribution >= 0.6 is 15.9 Å². The van der Waals surface area contributed by atoms with Crippen molar-refractivity contribution >= 4 is 33.8 Å². The van der Waals surface area contributed by atoms with Crippen molar-refractivity contribution in [3.05, 3.63) is 28.7 Å². The monoisotopic (exact) mass is 282 g/mol. The molecule has 0 radical (unpaired) electrons. The highest BCUT2D eigenvalue weighted by Gasteiger charge is 2.29. The topological polar surface area (TPSA) is 40.6 Å². The van der Waals surface area contributed by atoms with Crippen molar-refractivity contribution in [1.82, 2.24) is 5.01 Å². The molecule has 4 nitrogen and oxygen atoms in total. The third-order valence-corrected chi connectivity index (χ3v) is 2.93. The Labute approximate surface area is 102 Å². The van der Waals surface area contributed by atoms with Crippen molar-refractivity contribution in [2.75, 3.05) is 18.1 Å². The molecule has 1 aromatic carbocycles. The summed E-state index contributed by atoms with van der Waals surface area (Å²) in [5.74, 6) is 0.0277. The zero-order valence-corrected chi connectivity index (χ0v) is 10.2. The fraction of sp³-hybridized carbons (Fsp3) is 0.273. The highest BCUT2D eigenvalue weighted by atomic mass is 79.9. The minimum atomic E-state index is 0.0277. The summed E-state index contributed by atoms with van der Waals surface area (Å²) < 4.78 is 0.913. The Kier molecular flexibility index (Phi) is 3.36. The number of anilines is 1. The van der Waals surface area contributed by atoms with E-state index in [-0.39, 0.29) is 12.5 Å². The van der Waals surface area contributed by atoms with Crippen LogP contribution < -0.4 is 5.01 Å². The van der Waals surface area contributed by atoms with E-state index in [0.29, 0.717) is 13.0 Å². The fourth-order valence-corrected chi connectivity index (χ4v) is 2.15. The predicted molar refractivity (Wildman–Crippen MR) is 63.9 cm³/mol. The highest BCUT2D eigenvalue weighted by molar-refractivity contribution is 9.10. The van der Waals surface area contributed by atoms with Gasteiger partial charge in [0.05, 0.1) is 12.2 Å². The number of hydrogen-bond donors (Lipinski definition) is 0. The third kappa shape index (κ3) is 2.15. The van der Waals surface area contributed by atoms with Crippen LogP contribution in [-0.4, -0.2) is 30.3 Å². The summed E-state index contributed by atoms with van der Waals surface area (Å²) in [4.78, 5) is 22.2. The van der Waals surface area contributed by atoms with Crippen molar-refractivity contribution < 1.29 is 9.59 Å². The molecule has 2 rings (SSSR count). The first kappa shape index (κ1) is 11.3. The first-order valence-electron chi connectivity index (χ1n) is 4.99. The second-order valence-corrected chi connectivity index (χ2v) is 4.43. The van der Waals surface area contributed by atoms with E-state index in [9.17, 15) is 9.59 Å². The van der Waals surface area contributed by atoms with Crippen LogP contribution in [0.1, 0.15) is 6.42 Å². The van der Waals surface area contributed by atoms with Gasteiger partial charge in [-0.05, 0) is 18.2 Å². The van der Waals surface area contributed by atoms with Gasteiger partial charge in [-0.3, -0.25) is 4.79 Å². The van der Waals surface area contributed by atoms with Crippen LogP contribution in [0.15, 0.2) is 28.7 Å². The summed E-state index contributed by atoms with van der Waals surface area (Å²) in [6.07, 6.45) is 1.27. The first-order valence-corrected chi connectivity index (χ1v) is 5.78. The maximum Gasteiger partial charge on any atom is 0.242 e. The second-order valence-electron chi connectivity index (χ2n) is 3.51. The average Bonchev–Trinajstić information content (AvgIpc) is 2.60. The Morgan fingerprint density at radius 2 is 2.25 bits per heavy atom. The molecule has 5 heteroatoms. The quantitative estimate of drug-likeness (QED) is 0.791. The first-order chi connectivity index (χ1) is 7.72. The molecule has 0 N–H and O–H groups in total. The number of aldehydes is 1. The minimum absolute atomic E-state index is 0.0277. The number of nitrogens with zero attached hydrogens (tertiary/aromatic N) is 2. The molecule has 1 amide bonds. The molecule has 0 aliphatic carbocycles. The summed E-state index contributed by atoms with van der Waals surface area (Å²) in [5.41, 5.74) is 0.790. The summed E-state index contributed by atoms with van der Waals surface area (Å²) in [5, 5.41) is 3.32. The number of carbonyl (C=O) groups excluding carboxylic acids is 2. The van der Waals surface area contributed by atoms with Crippen LogP contribution in [0.3, 0.4) is 0 Å². The molecule has 1 saturated heterocycles. The molecule has 0 spiro atoms. The number of hydrogen-bond acceptors (Lipinski definition) is 3. The van der Waals surface area contributed by atoms with Crippen molar-refractivity contribution in [3.8, 4) is 0 Å². The molecule has 1 heterocycles. The zero-order valence-electron chi connectivity index (χ0n) is 8.60. The minimum Gasteiger partial charge on any atom is -0.302 e. The molecule has 0 atom stereocenters. The lowest BCUT2D eigenvalue weighted by molar-refractivity contribution is -0.118. The normalized spacial score (nSPS) is 16.8. The van der Waals surface area contributed by atoms with Gasteiger partial charge in [-0.15, -0.1) is 0 Å². The molecule has 0 aromatic heterocycles. The van der Waals surface area contributed by atoms with E-state index in [4.69, 9.17) is 0 Å². The van der Waals surface area contributed by atoms with Gasteiger partial charge >= 0.3 is 0 Å². The van der Waals surface area contributed by atoms with Crippen molar-refractivity contribution in [2.45, 2.75) is 6.42 Å². The Balaban J connectivity index is 2.29. The largest absolute Gasteiger partial charge is 0.302 e. The lowest BCUT2D eigenvalue weighted by atomic mass is 10.3. The van der Waals surface area contributed by atoms with Gasteiger partial charge in [0.2, 0.25) is 5.91 Å². The molecule has 1 aromatic rings. The highest BCUT2D eigenvalue weighted by Crippen LogP contribution is 2.25. The van der Waals surface area contributed by atoms with Crippen molar-refractivity contribution in [1.29, 1.82) is 0 Å². The molecular weight excluding hydrogens is 272 g/mol. The SMILES string of the molecule is O=CCN1CCC(=O)N1c1cccc(Br)c1. The van der Waals surface area contributed by atoms with E-state index in [1.807, 2.05) is 24.3 Å². The van der Waals surface area contributed by atoms with Crippen LogP contribution in [0, 0.1) is 0 Å². The van der Waals surface area contributed by atoms with E-state index in [1.165, 1.54) is 0 Å². The van der Waals surface area contributed by atoms with Gasteiger partial charge in [-0.2, -0.15) is 0 Å². The summed E-state index contributed by atoms with van der Waals surface area (Å²) in [7, 11) is 0. The molecule has 16 heavy (non-hydrogen) atoms. The fourth-order valence-electron chi connectivity index (χ4n) is 1.76. The zero-order chi connectivity index (χ0) is 11.5. The molecule has 0 bridgehead atoms. The van der Waals surface area contributed by atoms with Gasteiger partial charge in [0, 0.05) is 17.4 Å². The van der Waals surface area contributed by atoms with Crippen molar-refractivity contribution in [2.24, 2.45) is 0 Å². The number of hydrazine groups is 1. The molecule has 0 saturated carbocycles. The average molecular weight is 283 g/mol. The Morgan fingerprint density at radius 3 is 2.94 bits per heavy atom. The third-order valence-electron chi connectivity index (χ3n) is 2.44. The van der Waals surface area contributed by atoms with Gasteiger partial charge in [-0.25, -0.2) is 10.0 Å². The lowest BCUT2D eigenvalue weighted by Gasteiger charge is -2.26. The van der Waals surface area contributed by atoms with Crippen LogP contribution in [-0.2, 0) is 9.59 Å². The van der Waals surface area contributed by atoms with E-state index in [1.54, 1.807) is 10.0 Å². The maximum absolute atomic E-state index is 11.7. The number of amides is 1. The number of halogens is 1. The number of benzene rings is 1. The van der Waals surface area contributed by atoms with Gasteiger partial charge in [0.15, 0.2) is 0 Å². The molecular formula is C11H11BrN2O2. The molecule has 84 valence electrons. The van der Waals surface area contributed by atoms with E-state index in [2.05, 4.69) is 15.9 Å². The van der Waals surface area contributed by atoms with E-state index in [0.717, 1.165) is 16.4 Å². The van der Waals surface area contributed by atoms with Crippen LogP contribution in [0.5, 0.6) is 0 Å². The summed E-state index contributed by atoms with van der Waals surface area (Å²) in [6.45, 7) is 0.850. The van der Waals surface area contributed by atoms with Gasteiger partial charge in [0.1, 0.15) is 6.29 Å². The number of rotatable bonds is 3. The molecule has 0 unspecified atom stereocenters. The summed E-state index contributed by atoms with van der Waals surface area (Å²) >= 11 is 3.36. The number of carbonyl (C=O) groups is 2. The summed E-state index contributed by atoms with van der Waals surface area (Å²) in [6, 6.07) is 7.48. The van der Waals surface area contributed by atoms with Crippen LogP contribution in [0.4, 0.5) is 5.69 Å². The van der Waals surface area contributed by atoms with E-state index < -0.39 is 0 Å². The van der Waals surface area contributed by atoms with E-state index >= 15 is 0 Å². The second kappa shape index (κ2) is 4.76. The van der Waals surface area contributed by atoms with Crippen LogP contribution in [0.25, 0.3) is 0 Å². The van der Waals surface area contributed by atoms with Gasteiger partial charge in [0.25, 0.3) is 0 Å². The van der Waals surface area contributed by atoms with Gasteiger partial charge in [-0.1, -0.05) is 22.0 Å². The molecule has 1 aliphatic rings. The maximum atomic E-state index is 11.7. The Morgan fingerprint density at radius 1 is 1.44 bits per heavy atom. The van der Waals surface area contributed by atoms with Crippen molar-refractivity contribution in [3.63, 3.8) is 0 Å². The predicted octanol–water partition coefficient (Wildman–Crippen LogP) is 1.60. The Hall–Kier alpha value is -1.20. The Bertz CT molecular complexity index is 422. The van der Waals surface area contributed by atoms with Gasteiger partial charge < -0.3 is 4.79 Å². The molecule has 1 aliphatic heterocycles. The molecule has 1 fully saturated rings. The van der Waals surface area contributed by atoms with Crippen LogP contribution in [0.2, 0.25) is 0 Å².